The first kappa shape index (κ1) is 17.5. The van der Waals surface area contributed by atoms with Crippen molar-refractivity contribution in [2.75, 3.05) is 30.1 Å². The quantitative estimate of drug-likeness (QED) is 0.734. The average Bonchev–Trinajstić information content (AvgIpc) is 3.46. The van der Waals surface area contributed by atoms with Gasteiger partial charge >= 0.3 is 0 Å². The predicted molar refractivity (Wildman–Crippen MR) is 109 cm³/mol. The number of carbonyl (C=O) groups excluding carboxylic acids is 1. The first-order valence-electron chi connectivity index (χ1n) is 9.65. The summed E-state index contributed by atoms with van der Waals surface area (Å²) in [7, 11) is 0. The van der Waals surface area contributed by atoms with Crippen LogP contribution in [0.25, 0.3) is 11.3 Å². The number of anilines is 2. The number of fused-ring (bicyclic) bond motifs is 1. The Balaban J connectivity index is 1.31. The maximum Gasteiger partial charge on any atom is 0.255 e. The van der Waals surface area contributed by atoms with Crippen LogP contribution in [-0.4, -0.2) is 35.8 Å². The number of rotatable bonds is 4. The summed E-state index contributed by atoms with van der Waals surface area (Å²) in [5.41, 5.74) is 3.03. The van der Waals surface area contributed by atoms with Crippen molar-refractivity contribution in [1.82, 2.24) is 9.97 Å². The Kier molecular flexibility index (Phi) is 4.48. The molecular weight excluding hydrogens is 368 g/mol. The van der Waals surface area contributed by atoms with Gasteiger partial charge in [0.15, 0.2) is 11.5 Å². The van der Waals surface area contributed by atoms with Gasteiger partial charge in [0, 0.05) is 42.0 Å². The van der Waals surface area contributed by atoms with Gasteiger partial charge in [-0.3, -0.25) is 4.79 Å². The predicted octanol–water partition coefficient (Wildman–Crippen LogP) is 3.72. The third-order valence-corrected chi connectivity index (χ3v) is 5.16. The fraction of sp³-hybridized carbons (Fsp3) is 0.227. The number of ether oxygens (including phenoxy) is 2. The van der Waals surface area contributed by atoms with Gasteiger partial charge in [-0.15, -0.1) is 0 Å². The molecule has 7 nitrogen and oxygen atoms in total. The lowest BCUT2D eigenvalue weighted by molar-refractivity contribution is 0.102. The highest BCUT2D eigenvalue weighted by Gasteiger charge is 2.16. The highest BCUT2D eigenvalue weighted by Crippen LogP contribution is 2.34. The summed E-state index contributed by atoms with van der Waals surface area (Å²) in [5, 5.41) is 2.89. The number of amides is 1. The van der Waals surface area contributed by atoms with Crippen molar-refractivity contribution in [3.8, 4) is 22.8 Å². The molecule has 1 fully saturated rings. The number of aromatic nitrogens is 2. The molecule has 2 aromatic carbocycles. The Hall–Kier alpha value is -3.61. The standard InChI is InChI=1S/C22H20N4O3/c27-22(25-17-7-8-19-20(11-17)29-14-28-19)16-5-3-15(4-6-16)18-12-21(24-13-23-18)26-9-1-2-10-26/h3-8,11-13H,1-2,9-10,14H2,(H,25,27). The second kappa shape index (κ2) is 7.43. The Morgan fingerprint density at radius 2 is 1.72 bits per heavy atom. The van der Waals surface area contributed by atoms with Gasteiger partial charge in [0.1, 0.15) is 12.1 Å². The minimum Gasteiger partial charge on any atom is -0.454 e. The van der Waals surface area contributed by atoms with Gasteiger partial charge in [-0.2, -0.15) is 0 Å². The van der Waals surface area contributed by atoms with Crippen molar-refractivity contribution in [2.45, 2.75) is 12.8 Å². The van der Waals surface area contributed by atoms with Crippen LogP contribution in [0, 0.1) is 0 Å². The molecule has 3 aromatic rings. The average molecular weight is 388 g/mol. The van der Waals surface area contributed by atoms with E-state index in [1.165, 1.54) is 12.8 Å². The number of nitrogens with zero attached hydrogens (tertiary/aromatic N) is 3. The molecule has 0 radical (unpaired) electrons. The van der Waals surface area contributed by atoms with E-state index in [2.05, 4.69) is 20.2 Å². The first-order chi connectivity index (χ1) is 14.3. The normalized spacial score (nSPS) is 14.8. The maximum absolute atomic E-state index is 12.6. The number of benzene rings is 2. The van der Waals surface area contributed by atoms with E-state index in [0.717, 1.165) is 30.2 Å². The molecule has 29 heavy (non-hydrogen) atoms. The van der Waals surface area contributed by atoms with Crippen molar-refractivity contribution in [2.24, 2.45) is 0 Å². The summed E-state index contributed by atoms with van der Waals surface area (Å²) in [6, 6.07) is 14.8. The molecule has 0 aliphatic carbocycles. The molecule has 0 saturated carbocycles. The van der Waals surface area contributed by atoms with Crippen LogP contribution in [0.5, 0.6) is 11.5 Å². The van der Waals surface area contributed by atoms with Crippen LogP contribution in [0.1, 0.15) is 23.2 Å². The van der Waals surface area contributed by atoms with E-state index >= 15 is 0 Å². The second-order valence-electron chi connectivity index (χ2n) is 7.06. The molecule has 1 aromatic heterocycles. The van der Waals surface area contributed by atoms with E-state index in [4.69, 9.17) is 9.47 Å². The van der Waals surface area contributed by atoms with Crippen molar-refractivity contribution >= 4 is 17.4 Å². The topological polar surface area (TPSA) is 76.6 Å². The third kappa shape index (κ3) is 3.59. The number of carbonyl (C=O) groups is 1. The molecule has 1 N–H and O–H groups in total. The molecular formula is C22H20N4O3. The number of nitrogens with one attached hydrogen (secondary N) is 1. The molecule has 0 bridgehead atoms. The molecule has 1 amide bonds. The zero-order valence-corrected chi connectivity index (χ0v) is 15.8. The lowest BCUT2D eigenvalue weighted by Crippen LogP contribution is -2.19. The highest BCUT2D eigenvalue weighted by atomic mass is 16.7. The van der Waals surface area contributed by atoms with E-state index in [0.29, 0.717) is 22.7 Å². The molecule has 146 valence electrons. The second-order valence-corrected chi connectivity index (χ2v) is 7.06. The highest BCUT2D eigenvalue weighted by molar-refractivity contribution is 6.04. The van der Waals surface area contributed by atoms with Crippen LogP contribution in [0.15, 0.2) is 54.9 Å². The van der Waals surface area contributed by atoms with Gasteiger partial charge in [0.2, 0.25) is 6.79 Å². The monoisotopic (exact) mass is 388 g/mol. The lowest BCUT2D eigenvalue weighted by Gasteiger charge is -2.16. The minimum atomic E-state index is -0.184. The summed E-state index contributed by atoms with van der Waals surface area (Å²) >= 11 is 0. The third-order valence-electron chi connectivity index (χ3n) is 5.16. The molecule has 0 atom stereocenters. The van der Waals surface area contributed by atoms with Crippen molar-refractivity contribution in [3.05, 3.63) is 60.4 Å². The van der Waals surface area contributed by atoms with E-state index in [-0.39, 0.29) is 12.7 Å². The zero-order chi connectivity index (χ0) is 19.6. The van der Waals surface area contributed by atoms with E-state index in [1.54, 1.807) is 36.7 Å². The molecule has 0 spiro atoms. The van der Waals surface area contributed by atoms with Gasteiger partial charge in [-0.25, -0.2) is 9.97 Å². The van der Waals surface area contributed by atoms with E-state index in [9.17, 15) is 4.79 Å². The van der Waals surface area contributed by atoms with E-state index in [1.807, 2.05) is 18.2 Å². The Labute approximate surface area is 168 Å². The SMILES string of the molecule is O=C(Nc1ccc2c(c1)OCO2)c1ccc(-c2cc(N3CCCC3)ncn2)cc1. The van der Waals surface area contributed by atoms with Crippen LogP contribution >= 0.6 is 0 Å². The first-order valence-corrected chi connectivity index (χ1v) is 9.65. The van der Waals surface area contributed by atoms with Gasteiger partial charge < -0.3 is 19.7 Å². The fourth-order valence-corrected chi connectivity index (χ4v) is 3.59. The summed E-state index contributed by atoms with van der Waals surface area (Å²) in [6.45, 7) is 2.28. The van der Waals surface area contributed by atoms with Gasteiger partial charge in [0.25, 0.3) is 5.91 Å². The summed E-state index contributed by atoms with van der Waals surface area (Å²) in [6.07, 6.45) is 4.00. The van der Waals surface area contributed by atoms with Gasteiger partial charge in [0.05, 0.1) is 5.69 Å². The van der Waals surface area contributed by atoms with E-state index < -0.39 is 0 Å². The molecule has 2 aliphatic heterocycles. The minimum absolute atomic E-state index is 0.184. The largest absolute Gasteiger partial charge is 0.454 e. The van der Waals surface area contributed by atoms with Crippen LogP contribution in [-0.2, 0) is 0 Å². The van der Waals surface area contributed by atoms with Gasteiger partial charge in [-0.1, -0.05) is 12.1 Å². The molecule has 2 aliphatic rings. The van der Waals surface area contributed by atoms with Crippen molar-refractivity contribution in [3.63, 3.8) is 0 Å². The zero-order valence-electron chi connectivity index (χ0n) is 15.8. The van der Waals surface area contributed by atoms with Crippen molar-refractivity contribution < 1.29 is 14.3 Å². The van der Waals surface area contributed by atoms with Crippen LogP contribution in [0.2, 0.25) is 0 Å². The van der Waals surface area contributed by atoms with Crippen LogP contribution < -0.4 is 19.7 Å². The summed E-state index contributed by atoms with van der Waals surface area (Å²) < 4.78 is 10.6. The Morgan fingerprint density at radius 1 is 0.931 bits per heavy atom. The van der Waals surface area contributed by atoms with Gasteiger partial charge in [-0.05, 0) is 37.1 Å². The summed E-state index contributed by atoms with van der Waals surface area (Å²) in [4.78, 5) is 23.6. The molecule has 7 heteroatoms. The molecule has 0 unspecified atom stereocenters. The van der Waals surface area contributed by atoms with Crippen molar-refractivity contribution in [1.29, 1.82) is 0 Å². The lowest BCUT2D eigenvalue weighted by atomic mass is 10.1. The van der Waals surface area contributed by atoms with Crippen LogP contribution in [0.3, 0.4) is 0 Å². The Bertz CT molecular complexity index is 1050. The number of hydrogen-bond acceptors (Lipinski definition) is 6. The maximum atomic E-state index is 12.6. The summed E-state index contributed by atoms with van der Waals surface area (Å²) in [5.74, 6) is 2.09. The Morgan fingerprint density at radius 3 is 2.55 bits per heavy atom. The smallest absolute Gasteiger partial charge is 0.255 e. The molecule has 3 heterocycles. The fourth-order valence-electron chi connectivity index (χ4n) is 3.59. The van der Waals surface area contributed by atoms with Crippen LogP contribution in [0.4, 0.5) is 11.5 Å². The number of hydrogen-bond donors (Lipinski definition) is 1. The molecule has 5 rings (SSSR count). The molecule has 1 saturated heterocycles.